The first-order valence-corrected chi connectivity index (χ1v) is 6.39. The predicted octanol–water partition coefficient (Wildman–Crippen LogP) is 4.72. The molecule has 3 nitrogen and oxygen atoms in total. The minimum Gasteiger partial charge on any atom is -0.455 e. The Bertz CT molecular complexity index is 644. The molecule has 3 N–H and O–H groups in total. The van der Waals surface area contributed by atoms with Crippen LogP contribution in [-0.2, 0) is 0 Å². The molecule has 2 aromatic rings. The van der Waals surface area contributed by atoms with E-state index in [1.54, 1.807) is 36.4 Å². The van der Waals surface area contributed by atoms with Gasteiger partial charge in [0.05, 0.1) is 15.6 Å². The summed E-state index contributed by atoms with van der Waals surface area (Å²) in [5.41, 5.74) is 5.82. The van der Waals surface area contributed by atoms with Crippen molar-refractivity contribution in [1.29, 1.82) is 5.41 Å². The topological polar surface area (TPSA) is 59.1 Å². The van der Waals surface area contributed by atoms with Crippen molar-refractivity contribution in [2.24, 2.45) is 5.73 Å². The van der Waals surface area contributed by atoms with Gasteiger partial charge in [0.15, 0.2) is 0 Å². The number of nitrogens with one attached hydrogen (secondary N) is 1. The first kappa shape index (κ1) is 14.0. The molecule has 0 radical (unpaired) electrons. The number of nitrogens with two attached hydrogens (primary N) is 1. The number of nitrogen functional groups attached to an aromatic ring is 1. The zero-order valence-electron chi connectivity index (χ0n) is 9.58. The summed E-state index contributed by atoms with van der Waals surface area (Å²) < 4.78 is 5.64. The molecule has 0 fully saturated rings. The number of rotatable bonds is 3. The van der Waals surface area contributed by atoms with Crippen LogP contribution in [0, 0.1) is 5.41 Å². The minimum atomic E-state index is -0.182. The number of benzene rings is 2. The lowest BCUT2D eigenvalue weighted by Crippen LogP contribution is -2.13. The van der Waals surface area contributed by atoms with Crippen molar-refractivity contribution in [3.05, 3.63) is 57.0 Å². The van der Waals surface area contributed by atoms with Crippen LogP contribution in [0.5, 0.6) is 11.5 Å². The standard InChI is InChI=1S/C13H9Cl3N2O/c14-7-3-1-5-9(11(7)13(17)18)19-10-6-2-4-8(15)12(10)16/h1-6H,(H3,17,18). The maximum Gasteiger partial charge on any atom is 0.147 e. The van der Waals surface area contributed by atoms with E-state index in [1.165, 1.54) is 0 Å². The molecule has 0 bridgehead atoms. The largest absolute Gasteiger partial charge is 0.455 e. The van der Waals surface area contributed by atoms with Gasteiger partial charge in [0.25, 0.3) is 0 Å². The molecule has 0 amide bonds. The highest BCUT2D eigenvalue weighted by atomic mass is 35.5. The molecule has 2 aromatic carbocycles. The third kappa shape index (κ3) is 2.95. The van der Waals surface area contributed by atoms with Crippen molar-refractivity contribution in [3.8, 4) is 11.5 Å². The Morgan fingerprint density at radius 3 is 2.16 bits per heavy atom. The van der Waals surface area contributed by atoms with Crippen molar-refractivity contribution in [3.63, 3.8) is 0 Å². The lowest BCUT2D eigenvalue weighted by Gasteiger charge is -2.13. The molecular formula is C13H9Cl3N2O. The third-order valence-electron chi connectivity index (χ3n) is 2.38. The zero-order chi connectivity index (χ0) is 14.0. The highest BCUT2D eigenvalue weighted by Crippen LogP contribution is 2.36. The van der Waals surface area contributed by atoms with Crippen LogP contribution in [0.4, 0.5) is 0 Å². The van der Waals surface area contributed by atoms with Crippen LogP contribution in [0.3, 0.4) is 0 Å². The van der Waals surface area contributed by atoms with Crippen LogP contribution in [0.15, 0.2) is 36.4 Å². The van der Waals surface area contributed by atoms with Crippen molar-refractivity contribution in [2.75, 3.05) is 0 Å². The van der Waals surface area contributed by atoms with Gasteiger partial charge in [-0.3, -0.25) is 5.41 Å². The fourth-order valence-corrected chi connectivity index (χ4v) is 2.13. The highest BCUT2D eigenvalue weighted by molar-refractivity contribution is 6.43. The number of halogens is 3. The van der Waals surface area contributed by atoms with E-state index in [1.807, 2.05) is 0 Å². The van der Waals surface area contributed by atoms with Crippen LogP contribution in [0.25, 0.3) is 0 Å². The summed E-state index contributed by atoms with van der Waals surface area (Å²) in [6.45, 7) is 0. The van der Waals surface area contributed by atoms with Gasteiger partial charge in [-0.25, -0.2) is 0 Å². The summed E-state index contributed by atoms with van der Waals surface area (Å²) >= 11 is 18.0. The van der Waals surface area contributed by atoms with E-state index in [0.717, 1.165) is 0 Å². The van der Waals surface area contributed by atoms with Gasteiger partial charge in [-0.2, -0.15) is 0 Å². The molecule has 0 aliphatic rings. The van der Waals surface area contributed by atoms with Gasteiger partial charge < -0.3 is 10.5 Å². The van der Waals surface area contributed by atoms with E-state index >= 15 is 0 Å². The second kappa shape index (κ2) is 5.70. The van der Waals surface area contributed by atoms with Crippen LogP contribution < -0.4 is 10.5 Å². The van der Waals surface area contributed by atoms with Crippen molar-refractivity contribution >= 4 is 40.6 Å². The Balaban J connectivity index is 2.47. The zero-order valence-corrected chi connectivity index (χ0v) is 11.9. The molecular weight excluding hydrogens is 307 g/mol. The normalized spacial score (nSPS) is 10.3. The van der Waals surface area contributed by atoms with Gasteiger partial charge in [-0.1, -0.05) is 46.9 Å². The van der Waals surface area contributed by atoms with Gasteiger partial charge in [0, 0.05) is 0 Å². The molecule has 0 aromatic heterocycles. The smallest absolute Gasteiger partial charge is 0.147 e. The quantitative estimate of drug-likeness (QED) is 0.636. The van der Waals surface area contributed by atoms with Crippen LogP contribution >= 0.6 is 34.8 Å². The number of hydrogen-bond donors (Lipinski definition) is 2. The maximum absolute atomic E-state index is 7.53. The van der Waals surface area contributed by atoms with Gasteiger partial charge in [-0.05, 0) is 24.3 Å². The van der Waals surface area contributed by atoms with E-state index in [-0.39, 0.29) is 5.84 Å². The molecule has 0 heterocycles. The molecule has 98 valence electrons. The Labute approximate surface area is 125 Å². The van der Waals surface area contributed by atoms with E-state index in [4.69, 9.17) is 50.7 Å². The van der Waals surface area contributed by atoms with Gasteiger partial charge in [0.2, 0.25) is 0 Å². The van der Waals surface area contributed by atoms with E-state index in [9.17, 15) is 0 Å². The number of hydrogen-bond acceptors (Lipinski definition) is 2. The first-order valence-electron chi connectivity index (χ1n) is 5.25. The van der Waals surface area contributed by atoms with Crippen molar-refractivity contribution in [1.82, 2.24) is 0 Å². The first-order chi connectivity index (χ1) is 9.00. The molecule has 2 rings (SSSR count). The third-order valence-corrected chi connectivity index (χ3v) is 3.50. The fraction of sp³-hybridized carbons (Fsp3) is 0. The van der Waals surface area contributed by atoms with Gasteiger partial charge >= 0.3 is 0 Å². The minimum absolute atomic E-state index is 0.182. The van der Waals surface area contributed by atoms with Gasteiger partial charge in [-0.15, -0.1) is 0 Å². The molecule has 0 spiro atoms. The summed E-state index contributed by atoms with van der Waals surface area (Å²) in [6.07, 6.45) is 0. The Hall–Kier alpha value is -1.42. The lowest BCUT2D eigenvalue weighted by atomic mass is 10.2. The Kier molecular flexibility index (Phi) is 4.20. The lowest BCUT2D eigenvalue weighted by molar-refractivity contribution is 0.482. The molecule has 19 heavy (non-hydrogen) atoms. The molecule has 0 unspecified atom stereocenters. The molecule has 0 saturated carbocycles. The molecule has 6 heteroatoms. The monoisotopic (exact) mass is 314 g/mol. The number of ether oxygens (including phenoxy) is 1. The fourth-order valence-electron chi connectivity index (χ4n) is 1.53. The predicted molar refractivity (Wildman–Crippen MR) is 79.0 cm³/mol. The Morgan fingerprint density at radius 2 is 1.53 bits per heavy atom. The van der Waals surface area contributed by atoms with E-state index in [0.29, 0.717) is 32.1 Å². The molecule has 0 atom stereocenters. The van der Waals surface area contributed by atoms with Crippen LogP contribution in [0.2, 0.25) is 15.1 Å². The summed E-state index contributed by atoms with van der Waals surface area (Å²) in [5.74, 6) is 0.543. The summed E-state index contributed by atoms with van der Waals surface area (Å²) in [7, 11) is 0. The van der Waals surface area contributed by atoms with E-state index in [2.05, 4.69) is 0 Å². The maximum atomic E-state index is 7.53. The molecule has 0 saturated heterocycles. The van der Waals surface area contributed by atoms with Crippen LogP contribution in [0.1, 0.15) is 5.56 Å². The summed E-state index contributed by atoms with van der Waals surface area (Å²) in [5, 5.41) is 8.54. The highest BCUT2D eigenvalue weighted by Gasteiger charge is 2.14. The average Bonchev–Trinajstić information content (AvgIpc) is 2.34. The summed E-state index contributed by atoms with van der Waals surface area (Å²) in [4.78, 5) is 0. The number of amidine groups is 1. The molecule has 0 aliphatic carbocycles. The Morgan fingerprint density at radius 1 is 0.947 bits per heavy atom. The summed E-state index contributed by atoms with van der Waals surface area (Å²) in [6, 6.07) is 10.0. The molecule has 0 aliphatic heterocycles. The second-order valence-corrected chi connectivity index (χ2v) is 4.87. The van der Waals surface area contributed by atoms with Gasteiger partial charge in [0.1, 0.15) is 22.4 Å². The SMILES string of the molecule is N=C(N)c1c(Cl)cccc1Oc1cccc(Cl)c1Cl. The van der Waals surface area contributed by atoms with Crippen molar-refractivity contribution in [2.45, 2.75) is 0 Å². The van der Waals surface area contributed by atoms with E-state index < -0.39 is 0 Å². The average molecular weight is 316 g/mol. The second-order valence-electron chi connectivity index (χ2n) is 3.68. The van der Waals surface area contributed by atoms with Crippen LogP contribution in [-0.4, -0.2) is 5.84 Å². The van der Waals surface area contributed by atoms with Crippen molar-refractivity contribution < 1.29 is 4.74 Å².